The normalized spacial score (nSPS) is 11.3. The van der Waals surface area contributed by atoms with Crippen molar-refractivity contribution in [1.29, 1.82) is 0 Å². The third kappa shape index (κ3) is 5.53. The number of aromatic nitrogens is 1. The SMILES string of the molecule is COc1ccc2nc(NC(=O)CNC(=O)CNS(=O)(=O)c3ccc(C)cc3)sc2c1. The Bertz CT molecular complexity index is 1170. The quantitative estimate of drug-likeness (QED) is 0.481. The Morgan fingerprint density at radius 2 is 1.80 bits per heavy atom. The summed E-state index contributed by atoms with van der Waals surface area (Å²) in [5, 5.41) is 5.36. The van der Waals surface area contributed by atoms with Crippen LogP contribution >= 0.6 is 11.3 Å². The van der Waals surface area contributed by atoms with Gasteiger partial charge in [0.2, 0.25) is 21.8 Å². The number of hydrogen-bond acceptors (Lipinski definition) is 7. The molecule has 2 amide bonds. The highest BCUT2D eigenvalue weighted by atomic mass is 32.2. The molecule has 158 valence electrons. The first-order valence-corrected chi connectivity index (χ1v) is 11.1. The Hall–Kier alpha value is -3.02. The predicted octanol–water partition coefficient (Wildman–Crippen LogP) is 1.65. The summed E-state index contributed by atoms with van der Waals surface area (Å²) in [6, 6.07) is 11.6. The second kappa shape index (κ2) is 9.20. The molecular formula is C19H20N4O5S2. The topological polar surface area (TPSA) is 126 Å². The number of aryl methyl sites for hydroxylation is 1. The molecule has 0 fully saturated rings. The molecule has 0 saturated carbocycles. The van der Waals surface area contributed by atoms with E-state index in [-0.39, 0.29) is 11.4 Å². The lowest BCUT2D eigenvalue weighted by Gasteiger charge is -2.08. The number of amides is 2. The fourth-order valence-corrected chi connectivity index (χ4v) is 4.34. The number of fused-ring (bicyclic) bond motifs is 1. The molecule has 3 N–H and O–H groups in total. The molecule has 1 heterocycles. The van der Waals surface area contributed by atoms with E-state index < -0.39 is 28.4 Å². The van der Waals surface area contributed by atoms with Gasteiger partial charge in [-0.2, -0.15) is 0 Å². The zero-order valence-corrected chi connectivity index (χ0v) is 17.9. The predicted molar refractivity (Wildman–Crippen MR) is 114 cm³/mol. The molecule has 0 saturated heterocycles. The maximum Gasteiger partial charge on any atom is 0.245 e. The number of benzene rings is 2. The molecule has 2 aromatic carbocycles. The number of nitrogens with zero attached hydrogens (tertiary/aromatic N) is 1. The lowest BCUT2D eigenvalue weighted by molar-refractivity contribution is -0.123. The van der Waals surface area contributed by atoms with Crippen LogP contribution in [-0.2, 0) is 19.6 Å². The minimum atomic E-state index is -3.81. The molecule has 0 aliphatic heterocycles. The molecule has 0 atom stereocenters. The van der Waals surface area contributed by atoms with Gasteiger partial charge in [0, 0.05) is 0 Å². The van der Waals surface area contributed by atoms with Gasteiger partial charge >= 0.3 is 0 Å². The maximum atomic E-state index is 12.2. The van der Waals surface area contributed by atoms with Crippen molar-refractivity contribution in [2.75, 3.05) is 25.5 Å². The molecule has 0 aliphatic carbocycles. The number of carbonyl (C=O) groups is 2. The van der Waals surface area contributed by atoms with Gasteiger partial charge in [-0.05, 0) is 37.3 Å². The van der Waals surface area contributed by atoms with Gasteiger partial charge in [0.1, 0.15) is 5.75 Å². The summed E-state index contributed by atoms with van der Waals surface area (Å²) in [5.74, 6) is -0.421. The molecule has 0 unspecified atom stereocenters. The molecule has 0 spiro atoms. The highest BCUT2D eigenvalue weighted by Crippen LogP contribution is 2.28. The van der Waals surface area contributed by atoms with Crippen LogP contribution in [0.2, 0.25) is 0 Å². The third-order valence-corrected chi connectivity index (χ3v) is 6.39. The minimum Gasteiger partial charge on any atom is -0.497 e. The molecule has 30 heavy (non-hydrogen) atoms. The van der Waals surface area contributed by atoms with Gasteiger partial charge in [-0.1, -0.05) is 29.0 Å². The number of nitrogens with one attached hydrogen (secondary N) is 3. The van der Waals surface area contributed by atoms with Crippen LogP contribution in [0.4, 0.5) is 5.13 Å². The molecule has 3 aromatic rings. The number of anilines is 1. The zero-order chi connectivity index (χ0) is 21.7. The summed E-state index contributed by atoms with van der Waals surface area (Å²) in [5.41, 5.74) is 1.63. The van der Waals surface area contributed by atoms with Crippen molar-refractivity contribution in [2.45, 2.75) is 11.8 Å². The van der Waals surface area contributed by atoms with E-state index in [1.165, 1.54) is 23.5 Å². The van der Waals surface area contributed by atoms with Crippen LogP contribution < -0.4 is 20.1 Å². The molecule has 0 radical (unpaired) electrons. The lowest BCUT2D eigenvalue weighted by atomic mass is 10.2. The smallest absolute Gasteiger partial charge is 0.245 e. The second-order valence-electron chi connectivity index (χ2n) is 6.32. The van der Waals surface area contributed by atoms with Gasteiger partial charge in [0.15, 0.2) is 5.13 Å². The molecule has 3 rings (SSSR count). The fraction of sp³-hybridized carbons (Fsp3) is 0.211. The number of methoxy groups -OCH3 is 1. The Morgan fingerprint density at radius 3 is 2.50 bits per heavy atom. The molecule has 0 bridgehead atoms. The zero-order valence-electron chi connectivity index (χ0n) is 16.3. The van der Waals surface area contributed by atoms with Crippen LogP contribution in [0, 0.1) is 6.92 Å². The standard InChI is InChI=1S/C19H20N4O5S2/c1-12-3-6-14(7-4-12)30(26,27)21-11-17(24)20-10-18(25)23-19-22-15-8-5-13(28-2)9-16(15)29-19/h3-9,21H,10-11H2,1-2H3,(H,20,24)(H,22,23,25). The molecule has 1 aromatic heterocycles. The molecule has 0 aliphatic rings. The van der Waals surface area contributed by atoms with E-state index in [1.54, 1.807) is 31.4 Å². The number of carbonyl (C=O) groups excluding carboxylic acids is 2. The van der Waals surface area contributed by atoms with Crippen molar-refractivity contribution in [3.8, 4) is 5.75 Å². The summed E-state index contributed by atoms with van der Waals surface area (Å²) in [6.45, 7) is 1.04. The van der Waals surface area contributed by atoms with Crippen LogP contribution in [0.1, 0.15) is 5.56 Å². The summed E-state index contributed by atoms with van der Waals surface area (Å²) < 4.78 is 32.5. The molecular weight excluding hydrogens is 428 g/mol. The number of ether oxygens (including phenoxy) is 1. The van der Waals surface area contributed by atoms with Crippen molar-refractivity contribution in [1.82, 2.24) is 15.0 Å². The number of hydrogen-bond donors (Lipinski definition) is 3. The first-order chi connectivity index (χ1) is 14.3. The summed E-state index contributed by atoms with van der Waals surface area (Å²) in [4.78, 5) is 28.3. The largest absolute Gasteiger partial charge is 0.497 e. The van der Waals surface area contributed by atoms with E-state index in [4.69, 9.17) is 4.74 Å². The Morgan fingerprint density at radius 1 is 1.07 bits per heavy atom. The van der Waals surface area contributed by atoms with Gasteiger partial charge in [-0.15, -0.1) is 0 Å². The van der Waals surface area contributed by atoms with Crippen LogP contribution in [0.25, 0.3) is 10.2 Å². The first kappa shape index (κ1) is 21.7. The van der Waals surface area contributed by atoms with E-state index in [0.29, 0.717) is 16.4 Å². The van der Waals surface area contributed by atoms with Crippen molar-refractivity contribution >= 4 is 48.5 Å². The highest BCUT2D eigenvalue weighted by molar-refractivity contribution is 7.89. The van der Waals surface area contributed by atoms with E-state index in [1.807, 2.05) is 13.0 Å². The molecule has 9 nitrogen and oxygen atoms in total. The minimum absolute atomic E-state index is 0.0612. The van der Waals surface area contributed by atoms with Crippen molar-refractivity contribution in [2.24, 2.45) is 0 Å². The first-order valence-electron chi connectivity index (χ1n) is 8.84. The maximum absolute atomic E-state index is 12.2. The van der Waals surface area contributed by atoms with Crippen LogP contribution in [0.3, 0.4) is 0 Å². The van der Waals surface area contributed by atoms with Gasteiger partial charge in [-0.25, -0.2) is 18.1 Å². The van der Waals surface area contributed by atoms with Crippen molar-refractivity contribution in [3.05, 3.63) is 48.0 Å². The van der Waals surface area contributed by atoms with Crippen molar-refractivity contribution in [3.63, 3.8) is 0 Å². The fourth-order valence-electron chi connectivity index (χ4n) is 2.45. The van der Waals surface area contributed by atoms with Crippen LogP contribution in [0.15, 0.2) is 47.4 Å². The van der Waals surface area contributed by atoms with Crippen LogP contribution in [-0.4, -0.2) is 45.4 Å². The Kier molecular flexibility index (Phi) is 6.65. The van der Waals surface area contributed by atoms with E-state index in [0.717, 1.165) is 10.3 Å². The second-order valence-corrected chi connectivity index (χ2v) is 9.11. The van der Waals surface area contributed by atoms with Gasteiger partial charge in [0.25, 0.3) is 0 Å². The number of rotatable bonds is 8. The Labute approximate surface area is 177 Å². The summed E-state index contributed by atoms with van der Waals surface area (Å²) in [7, 11) is -2.25. The monoisotopic (exact) mass is 448 g/mol. The average molecular weight is 449 g/mol. The van der Waals surface area contributed by atoms with Gasteiger partial charge < -0.3 is 15.4 Å². The average Bonchev–Trinajstić information content (AvgIpc) is 3.12. The molecule has 11 heteroatoms. The lowest BCUT2D eigenvalue weighted by Crippen LogP contribution is -2.40. The van der Waals surface area contributed by atoms with Crippen LogP contribution in [0.5, 0.6) is 5.75 Å². The third-order valence-electron chi connectivity index (χ3n) is 4.04. The van der Waals surface area contributed by atoms with E-state index >= 15 is 0 Å². The van der Waals surface area contributed by atoms with Crippen molar-refractivity contribution < 1.29 is 22.7 Å². The van der Waals surface area contributed by atoms with E-state index in [9.17, 15) is 18.0 Å². The number of thiazole rings is 1. The highest BCUT2D eigenvalue weighted by Gasteiger charge is 2.16. The van der Waals surface area contributed by atoms with Gasteiger partial charge in [0.05, 0.1) is 35.3 Å². The summed E-state index contributed by atoms with van der Waals surface area (Å²) in [6.07, 6.45) is 0. The number of sulfonamides is 1. The Balaban J connectivity index is 1.48. The van der Waals surface area contributed by atoms with Gasteiger partial charge in [-0.3, -0.25) is 9.59 Å². The van der Waals surface area contributed by atoms with E-state index in [2.05, 4.69) is 20.3 Å². The summed E-state index contributed by atoms with van der Waals surface area (Å²) >= 11 is 1.27.